The Bertz CT molecular complexity index is 486. The number of rotatable bonds is 6. The molecule has 0 amide bonds. The van der Waals surface area contributed by atoms with Crippen LogP contribution >= 0.6 is 0 Å². The van der Waals surface area contributed by atoms with Crippen LogP contribution < -0.4 is 10.5 Å². The highest BCUT2D eigenvalue weighted by molar-refractivity contribution is 7.92. The van der Waals surface area contributed by atoms with Crippen LogP contribution in [0, 0.1) is 0 Å². The summed E-state index contributed by atoms with van der Waals surface area (Å²) in [6.07, 6.45) is 0.832. The van der Waals surface area contributed by atoms with Crippen molar-refractivity contribution in [1.82, 2.24) is 0 Å². The van der Waals surface area contributed by atoms with Gasteiger partial charge in [-0.05, 0) is 51.4 Å². The normalized spacial score (nSPS) is 12.4. The Morgan fingerprint density at radius 1 is 1.16 bits per heavy atom. The monoisotopic (exact) mass is 285 g/mol. The van der Waals surface area contributed by atoms with Crippen LogP contribution in [-0.4, -0.2) is 32.1 Å². The largest absolute Gasteiger partial charge is 0.493 e. The number of ether oxygens (including phenoxy) is 1. The molecule has 0 bridgehead atoms. The molecule has 0 radical (unpaired) electrons. The third-order valence-electron chi connectivity index (χ3n) is 2.91. The van der Waals surface area contributed by atoms with Gasteiger partial charge in [0.25, 0.3) is 0 Å². The zero-order chi connectivity index (χ0) is 14.5. The molecular formula is C14H23NO3S. The zero-order valence-electron chi connectivity index (χ0n) is 11.8. The fourth-order valence-corrected chi connectivity index (χ4v) is 2.41. The molecule has 2 N–H and O–H groups in total. The van der Waals surface area contributed by atoms with E-state index in [0.717, 1.165) is 12.0 Å². The summed E-state index contributed by atoms with van der Waals surface area (Å²) in [6.45, 7) is 5.89. The highest BCUT2D eigenvalue weighted by Gasteiger charge is 2.28. The summed E-state index contributed by atoms with van der Waals surface area (Å²) in [5.74, 6) is 0.714. The lowest BCUT2D eigenvalue weighted by Crippen LogP contribution is -2.32. The van der Waals surface area contributed by atoms with Crippen molar-refractivity contribution >= 4 is 9.84 Å². The lowest BCUT2D eigenvalue weighted by atomic mass is 10.1. The van der Waals surface area contributed by atoms with Gasteiger partial charge >= 0.3 is 0 Å². The Hall–Kier alpha value is -1.07. The number of hydrogen-bond donors (Lipinski definition) is 1. The molecule has 108 valence electrons. The second-order valence-electron chi connectivity index (χ2n) is 5.46. The van der Waals surface area contributed by atoms with Gasteiger partial charge in [0.2, 0.25) is 0 Å². The van der Waals surface area contributed by atoms with Gasteiger partial charge in [-0.3, -0.25) is 0 Å². The van der Waals surface area contributed by atoms with Crippen LogP contribution in [0.5, 0.6) is 5.75 Å². The molecule has 5 heteroatoms. The molecule has 0 aliphatic carbocycles. The second-order valence-corrected chi connectivity index (χ2v) is 8.32. The lowest BCUT2D eigenvalue weighted by molar-refractivity contribution is 0.339. The van der Waals surface area contributed by atoms with Crippen molar-refractivity contribution in [3.05, 3.63) is 29.8 Å². The first-order chi connectivity index (χ1) is 8.76. The molecule has 19 heavy (non-hydrogen) atoms. The van der Waals surface area contributed by atoms with E-state index in [1.165, 1.54) is 0 Å². The molecule has 0 fully saturated rings. The van der Waals surface area contributed by atoms with E-state index < -0.39 is 14.6 Å². The molecule has 0 aliphatic rings. The molecule has 0 saturated carbocycles. The third kappa shape index (κ3) is 4.84. The minimum absolute atomic E-state index is 0.0288. The fraction of sp³-hybridized carbons (Fsp3) is 0.571. The fourth-order valence-electron chi connectivity index (χ4n) is 1.49. The van der Waals surface area contributed by atoms with Crippen LogP contribution in [0.2, 0.25) is 0 Å². The van der Waals surface area contributed by atoms with Crippen LogP contribution in [0.1, 0.15) is 26.3 Å². The number of benzene rings is 1. The van der Waals surface area contributed by atoms with Gasteiger partial charge in [-0.25, -0.2) is 8.42 Å². The standard InChI is InChI=1S/C14H23NO3S/c1-14(2,3)19(16,17)11-10-18-13-6-4-12(5-7-13)8-9-15/h4-7H,8-11,15H2,1-3H3. The number of nitrogens with two attached hydrogens (primary N) is 1. The van der Waals surface area contributed by atoms with E-state index in [2.05, 4.69) is 0 Å². The lowest BCUT2D eigenvalue weighted by Gasteiger charge is -2.19. The minimum atomic E-state index is -3.13. The smallest absolute Gasteiger partial charge is 0.158 e. The van der Waals surface area contributed by atoms with Gasteiger partial charge in [-0.1, -0.05) is 12.1 Å². The molecule has 4 nitrogen and oxygen atoms in total. The third-order valence-corrected chi connectivity index (χ3v) is 5.48. The van der Waals surface area contributed by atoms with Gasteiger partial charge in [0, 0.05) is 0 Å². The summed E-state index contributed by atoms with van der Waals surface area (Å²) in [4.78, 5) is 0. The average Bonchev–Trinajstić information content (AvgIpc) is 2.30. The van der Waals surface area contributed by atoms with Gasteiger partial charge < -0.3 is 10.5 Å². The van der Waals surface area contributed by atoms with Crippen LogP contribution in [0.15, 0.2) is 24.3 Å². The van der Waals surface area contributed by atoms with Gasteiger partial charge in [0.1, 0.15) is 12.4 Å². The van der Waals surface area contributed by atoms with Gasteiger partial charge in [-0.15, -0.1) is 0 Å². The topological polar surface area (TPSA) is 69.4 Å². The van der Waals surface area contributed by atoms with Crippen molar-refractivity contribution in [2.45, 2.75) is 31.9 Å². The van der Waals surface area contributed by atoms with Crippen molar-refractivity contribution in [2.75, 3.05) is 18.9 Å². The minimum Gasteiger partial charge on any atom is -0.493 e. The average molecular weight is 285 g/mol. The Morgan fingerprint density at radius 2 is 1.74 bits per heavy atom. The molecule has 0 heterocycles. The van der Waals surface area contributed by atoms with Crippen LogP contribution in [0.25, 0.3) is 0 Å². The van der Waals surface area contributed by atoms with Gasteiger partial charge in [-0.2, -0.15) is 0 Å². The first kappa shape index (κ1) is 16.0. The first-order valence-corrected chi connectivity index (χ1v) is 8.05. The Balaban J connectivity index is 2.50. The van der Waals surface area contributed by atoms with E-state index in [9.17, 15) is 8.42 Å². The molecule has 0 saturated heterocycles. The van der Waals surface area contributed by atoms with E-state index in [0.29, 0.717) is 12.3 Å². The van der Waals surface area contributed by atoms with Crippen LogP contribution in [-0.2, 0) is 16.3 Å². The van der Waals surface area contributed by atoms with E-state index in [1.807, 2.05) is 24.3 Å². The number of sulfone groups is 1. The molecule has 0 unspecified atom stereocenters. The van der Waals surface area contributed by atoms with Gasteiger partial charge in [0.05, 0.1) is 10.5 Å². The Labute approximate surface area is 115 Å². The predicted molar refractivity (Wildman–Crippen MR) is 78.2 cm³/mol. The SMILES string of the molecule is CC(C)(C)S(=O)(=O)CCOc1ccc(CCN)cc1. The summed E-state index contributed by atoms with van der Waals surface area (Å²) in [5, 5.41) is 0. The summed E-state index contributed by atoms with van der Waals surface area (Å²) in [7, 11) is -3.13. The second kappa shape index (κ2) is 6.39. The van der Waals surface area contributed by atoms with Crippen molar-refractivity contribution in [1.29, 1.82) is 0 Å². The molecule has 0 aromatic heterocycles. The van der Waals surface area contributed by atoms with Crippen LogP contribution in [0.4, 0.5) is 0 Å². The maximum Gasteiger partial charge on any atom is 0.158 e. The highest BCUT2D eigenvalue weighted by atomic mass is 32.2. The highest BCUT2D eigenvalue weighted by Crippen LogP contribution is 2.17. The Kier molecular flexibility index (Phi) is 5.38. The molecule has 0 spiro atoms. The summed E-state index contributed by atoms with van der Waals surface area (Å²) >= 11 is 0. The van der Waals surface area contributed by atoms with Crippen molar-refractivity contribution < 1.29 is 13.2 Å². The summed E-state index contributed by atoms with van der Waals surface area (Å²) in [5.41, 5.74) is 6.62. The van der Waals surface area contributed by atoms with Gasteiger partial charge in [0.15, 0.2) is 9.84 Å². The maximum absolute atomic E-state index is 11.9. The summed E-state index contributed by atoms with van der Waals surface area (Å²) in [6, 6.07) is 7.57. The molecule has 1 rings (SSSR count). The quantitative estimate of drug-likeness (QED) is 0.865. The first-order valence-electron chi connectivity index (χ1n) is 6.40. The zero-order valence-corrected chi connectivity index (χ0v) is 12.7. The molecule has 0 atom stereocenters. The number of hydrogen-bond acceptors (Lipinski definition) is 4. The van der Waals surface area contributed by atoms with E-state index in [1.54, 1.807) is 20.8 Å². The molecule has 1 aromatic carbocycles. The molecule has 1 aromatic rings. The van der Waals surface area contributed by atoms with Crippen molar-refractivity contribution in [3.8, 4) is 5.75 Å². The van der Waals surface area contributed by atoms with Crippen LogP contribution in [0.3, 0.4) is 0 Å². The van der Waals surface area contributed by atoms with E-state index >= 15 is 0 Å². The predicted octanol–water partition coefficient (Wildman–Crippen LogP) is 1.78. The maximum atomic E-state index is 11.9. The summed E-state index contributed by atoms with van der Waals surface area (Å²) < 4.78 is 28.5. The van der Waals surface area contributed by atoms with E-state index in [4.69, 9.17) is 10.5 Å². The van der Waals surface area contributed by atoms with E-state index in [-0.39, 0.29) is 12.4 Å². The van der Waals surface area contributed by atoms with Crippen molar-refractivity contribution in [3.63, 3.8) is 0 Å². The molecule has 0 aliphatic heterocycles. The molecular weight excluding hydrogens is 262 g/mol. The Morgan fingerprint density at radius 3 is 2.21 bits per heavy atom. The van der Waals surface area contributed by atoms with Crippen molar-refractivity contribution in [2.24, 2.45) is 5.73 Å².